The van der Waals surface area contributed by atoms with Crippen molar-refractivity contribution in [2.24, 2.45) is 0 Å². The van der Waals surface area contributed by atoms with Gasteiger partial charge in [-0.05, 0) is 44.0 Å². The molecule has 5 rings (SSSR count). The summed E-state index contributed by atoms with van der Waals surface area (Å²) in [5.74, 6) is 2.10. The molecule has 8 heteroatoms. The summed E-state index contributed by atoms with van der Waals surface area (Å²) in [7, 11) is 0. The lowest BCUT2D eigenvalue weighted by molar-refractivity contribution is 0.103. The average Bonchev–Trinajstić information content (AvgIpc) is 3.30. The summed E-state index contributed by atoms with van der Waals surface area (Å²) < 4.78 is 13.1. The van der Waals surface area contributed by atoms with Gasteiger partial charge in [0.1, 0.15) is 5.76 Å². The van der Waals surface area contributed by atoms with E-state index in [9.17, 15) is 0 Å². The van der Waals surface area contributed by atoms with Gasteiger partial charge in [0.05, 0.1) is 24.6 Å². The molecule has 1 fully saturated rings. The molecular formula is C20H20N6O2. The highest BCUT2D eigenvalue weighted by Gasteiger charge is 2.22. The van der Waals surface area contributed by atoms with Crippen LogP contribution in [0.3, 0.4) is 0 Å². The summed E-state index contributed by atoms with van der Waals surface area (Å²) in [6.07, 6.45) is 5.08. The molecule has 0 unspecified atom stereocenters. The largest absolute Gasteiger partial charge is 0.458 e. The number of fused-ring (bicyclic) bond motifs is 1. The molecule has 0 radical (unpaired) electrons. The van der Waals surface area contributed by atoms with E-state index in [1.165, 1.54) is 0 Å². The number of furan rings is 1. The molecule has 0 spiro atoms. The zero-order chi connectivity index (χ0) is 19.1. The van der Waals surface area contributed by atoms with Crippen LogP contribution in [0, 0.1) is 6.92 Å². The Bertz CT molecular complexity index is 1140. The van der Waals surface area contributed by atoms with E-state index in [1.54, 1.807) is 10.7 Å². The van der Waals surface area contributed by atoms with Crippen molar-refractivity contribution in [3.05, 3.63) is 59.2 Å². The monoisotopic (exact) mass is 376 g/mol. The number of aromatic nitrogens is 5. The van der Waals surface area contributed by atoms with Gasteiger partial charge in [0.2, 0.25) is 11.8 Å². The molecule has 0 saturated heterocycles. The first kappa shape index (κ1) is 16.9. The molecular weight excluding hydrogens is 356 g/mol. The Balaban J connectivity index is 1.46. The van der Waals surface area contributed by atoms with Gasteiger partial charge in [-0.1, -0.05) is 6.07 Å². The fourth-order valence-electron chi connectivity index (χ4n) is 3.12. The first-order chi connectivity index (χ1) is 13.7. The van der Waals surface area contributed by atoms with Crippen molar-refractivity contribution in [1.82, 2.24) is 24.6 Å². The van der Waals surface area contributed by atoms with Gasteiger partial charge in [0, 0.05) is 17.7 Å². The van der Waals surface area contributed by atoms with E-state index in [-0.39, 0.29) is 5.95 Å². The third-order valence-corrected chi connectivity index (χ3v) is 4.65. The third kappa shape index (κ3) is 3.34. The Morgan fingerprint density at radius 2 is 2.00 bits per heavy atom. The van der Waals surface area contributed by atoms with Crippen LogP contribution in [-0.2, 0) is 17.8 Å². The van der Waals surface area contributed by atoms with Gasteiger partial charge in [-0.3, -0.25) is 4.98 Å². The molecule has 142 valence electrons. The number of aryl methyl sites for hydroxylation is 1. The maximum Gasteiger partial charge on any atom is 0.224 e. The summed E-state index contributed by atoms with van der Waals surface area (Å²) in [6, 6.07) is 9.71. The molecule has 1 aliphatic carbocycles. The molecule has 0 amide bonds. The number of nitrogens with two attached hydrogens (primary N) is 1. The lowest BCUT2D eigenvalue weighted by Gasteiger charge is -2.06. The van der Waals surface area contributed by atoms with Gasteiger partial charge < -0.3 is 14.9 Å². The van der Waals surface area contributed by atoms with Crippen LogP contribution < -0.4 is 5.73 Å². The molecule has 0 aliphatic heterocycles. The second-order valence-electron chi connectivity index (χ2n) is 7.03. The first-order valence-corrected chi connectivity index (χ1v) is 9.29. The van der Waals surface area contributed by atoms with Crippen LogP contribution >= 0.6 is 0 Å². The number of nitrogens with zero attached hydrogens (tertiary/aromatic N) is 5. The van der Waals surface area contributed by atoms with Gasteiger partial charge in [0.25, 0.3) is 0 Å². The predicted molar refractivity (Wildman–Crippen MR) is 102 cm³/mol. The zero-order valence-electron chi connectivity index (χ0n) is 15.5. The Hall–Kier alpha value is -3.26. The molecule has 8 nitrogen and oxygen atoms in total. The molecule has 4 aromatic rings. The van der Waals surface area contributed by atoms with Crippen molar-refractivity contribution in [2.45, 2.75) is 38.9 Å². The summed E-state index contributed by atoms with van der Waals surface area (Å²) in [5, 5.41) is 4.46. The minimum absolute atomic E-state index is 0.179. The lowest BCUT2D eigenvalue weighted by Crippen LogP contribution is -2.05. The molecule has 0 aromatic carbocycles. The molecule has 1 saturated carbocycles. The molecule has 28 heavy (non-hydrogen) atoms. The normalized spacial score (nSPS) is 14.0. The second kappa shape index (κ2) is 6.72. The van der Waals surface area contributed by atoms with Crippen LogP contribution in [-0.4, -0.2) is 30.7 Å². The van der Waals surface area contributed by atoms with Crippen molar-refractivity contribution in [2.75, 3.05) is 5.73 Å². The number of hydrogen-bond donors (Lipinski definition) is 1. The number of ether oxygens (including phenoxy) is 1. The second-order valence-corrected chi connectivity index (χ2v) is 7.03. The Morgan fingerprint density at radius 1 is 1.14 bits per heavy atom. The summed E-state index contributed by atoms with van der Waals surface area (Å²) in [5.41, 5.74) is 9.39. The van der Waals surface area contributed by atoms with Crippen LogP contribution in [0.1, 0.15) is 35.6 Å². The Kier molecular flexibility index (Phi) is 4.05. The topological polar surface area (TPSA) is 104 Å². The van der Waals surface area contributed by atoms with Gasteiger partial charge in [-0.25, -0.2) is 0 Å². The summed E-state index contributed by atoms with van der Waals surface area (Å²) in [6.45, 7) is 2.43. The van der Waals surface area contributed by atoms with Crippen LogP contribution in [0.15, 0.2) is 40.9 Å². The molecule has 2 N–H and O–H groups in total. The Morgan fingerprint density at radius 3 is 2.79 bits per heavy atom. The quantitative estimate of drug-likeness (QED) is 0.551. The molecule has 4 aromatic heterocycles. The fourth-order valence-corrected chi connectivity index (χ4v) is 3.12. The number of nitrogen functional groups attached to an aromatic ring is 1. The van der Waals surface area contributed by atoms with Crippen molar-refractivity contribution in [1.29, 1.82) is 0 Å². The van der Waals surface area contributed by atoms with E-state index in [4.69, 9.17) is 19.9 Å². The van der Waals surface area contributed by atoms with Crippen molar-refractivity contribution >= 4 is 11.6 Å². The van der Waals surface area contributed by atoms with Crippen molar-refractivity contribution in [3.63, 3.8) is 0 Å². The van der Waals surface area contributed by atoms with E-state index < -0.39 is 0 Å². The Labute approximate surface area is 161 Å². The maximum absolute atomic E-state index is 5.95. The van der Waals surface area contributed by atoms with Crippen LogP contribution in [0.5, 0.6) is 0 Å². The minimum Gasteiger partial charge on any atom is -0.458 e. The summed E-state index contributed by atoms with van der Waals surface area (Å²) >= 11 is 0. The average molecular weight is 376 g/mol. The first-order valence-electron chi connectivity index (χ1n) is 9.29. The van der Waals surface area contributed by atoms with Gasteiger partial charge >= 0.3 is 0 Å². The van der Waals surface area contributed by atoms with Crippen molar-refractivity contribution in [3.8, 4) is 11.6 Å². The number of anilines is 1. The fraction of sp³-hybridized carbons (Fsp3) is 0.300. The molecule has 0 atom stereocenters. The van der Waals surface area contributed by atoms with E-state index in [0.717, 1.165) is 35.6 Å². The molecule has 4 heterocycles. The van der Waals surface area contributed by atoms with E-state index in [1.807, 2.05) is 37.3 Å². The van der Waals surface area contributed by atoms with Gasteiger partial charge in [0.15, 0.2) is 11.4 Å². The number of pyridine rings is 1. The smallest absolute Gasteiger partial charge is 0.224 e. The maximum atomic E-state index is 5.95. The van der Waals surface area contributed by atoms with E-state index in [0.29, 0.717) is 36.4 Å². The van der Waals surface area contributed by atoms with Crippen LogP contribution in [0.25, 0.3) is 17.2 Å². The standard InChI is InChI=1S/C20H20N6O2/c1-12-5-8-17(28-12)19-25-20(21)24-18-13(10-22-26(18)19)9-14-3-2-4-15(23-14)11-27-16-6-7-16/h2-5,8,10,16H,6-7,9,11H2,1H3,(H2,21,24). The van der Waals surface area contributed by atoms with Crippen LogP contribution in [0.4, 0.5) is 5.95 Å². The predicted octanol–water partition coefficient (Wildman–Crippen LogP) is 2.94. The van der Waals surface area contributed by atoms with E-state index in [2.05, 4.69) is 15.1 Å². The van der Waals surface area contributed by atoms with Crippen LogP contribution in [0.2, 0.25) is 0 Å². The minimum atomic E-state index is 0.179. The number of hydrogen-bond acceptors (Lipinski definition) is 7. The molecule has 1 aliphatic rings. The SMILES string of the molecule is Cc1ccc(-c2nc(N)nc3c(Cc4cccc(COC5CC5)n4)cnn23)o1. The van der Waals surface area contributed by atoms with Gasteiger partial charge in [-0.2, -0.15) is 19.6 Å². The van der Waals surface area contributed by atoms with E-state index >= 15 is 0 Å². The zero-order valence-corrected chi connectivity index (χ0v) is 15.5. The van der Waals surface area contributed by atoms with Crippen molar-refractivity contribution < 1.29 is 9.15 Å². The summed E-state index contributed by atoms with van der Waals surface area (Å²) in [4.78, 5) is 13.4. The third-order valence-electron chi connectivity index (χ3n) is 4.65. The highest BCUT2D eigenvalue weighted by molar-refractivity contribution is 5.59. The number of rotatable bonds is 6. The highest BCUT2D eigenvalue weighted by atomic mass is 16.5. The molecule has 0 bridgehead atoms. The lowest BCUT2D eigenvalue weighted by atomic mass is 10.1. The highest BCUT2D eigenvalue weighted by Crippen LogP contribution is 2.25. The van der Waals surface area contributed by atoms with Gasteiger partial charge in [-0.15, -0.1) is 0 Å².